The summed E-state index contributed by atoms with van der Waals surface area (Å²) in [4.78, 5) is 52.5. The first-order valence-corrected chi connectivity index (χ1v) is 32.9. The van der Waals surface area contributed by atoms with Gasteiger partial charge in [0.2, 0.25) is 0 Å². The van der Waals surface area contributed by atoms with Crippen LogP contribution in [0.3, 0.4) is 0 Å². The molecule has 4 heterocycles. The molecule has 0 aromatic carbocycles. The molecule has 0 spiro atoms. The van der Waals surface area contributed by atoms with Crippen LogP contribution in [-0.2, 0) is 71.3 Å². The number of fused-ring (bicyclic) bond motifs is 7. The zero-order chi connectivity index (χ0) is 69.6. The summed E-state index contributed by atoms with van der Waals surface area (Å²) in [7, 11) is 0. The molecule has 4 saturated heterocycles. The van der Waals surface area contributed by atoms with Crippen molar-refractivity contribution < 1.29 is 138 Å². The molecule has 0 amide bonds. The predicted octanol–water partition coefficient (Wildman–Crippen LogP) is 0.0754. The van der Waals surface area contributed by atoms with Gasteiger partial charge in [0.15, 0.2) is 43.5 Å². The first-order chi connectivity index (χ1) is 43.9. The smallest absolute Gasteiger partial charge is 0.335 e. The van der Waals surface area contributed by atoms with Gasteiger partial charge in [-0.25, -0.2) is 14.4 Å². The van der Waals surface area contributed by atoms with Crippen LogP contribution in [-0.4, -0.2) is 257 Å². The topological polar surface area (TPSA) is 433 Å². The zero-order valence-corrected chi connectivity index (χ0v) is 55.8. The monoisotopic (exact) mass is 1340 g/mol. The van der Waals surface area contributed by atoms with Gasteiger partial charge >= 0.3 is 23.9 Å². The Morgan fingerprint density at radius 2 is 1.18 bits per heavy atom. The number of carbonyl (C=O) groups excluding carboxylic acids is 3. The Hall–Kier alpha value is -3.70. The van der Waals surface area contributed by atoms with Gasteiger partial charge in [-0.15, -0.1) is 0 Å². The van der Waals surface area contributed by atoms with E-state index in [-0.39, 0.29) is 42.2 Å². The zero-order valence-electron chi connectivity index (χ0n) is 55.8. The van der Waals surface area contributed by atoms with Crippen molar-refractivity contribution in [3.05, 3.63) is 34.9 Å². The van der Waals surface area contributed by atoms with E-state index >= 15 is 0 Å². The Bertz CT molecular complexity index is 2850. The molecule has 4 saturated carbocycles. The van der Waals surface area contributed by atoms with Crippen molar-refractivity contribution in [2.24, 2.45) is 50.2 Å². The largest absolute Gasteiger partial charge is 0.479 e. The van der Waals surface area contributed by atoms with E-state index in [9.17, 15) is 85.6 Å². The first-order valence-electron chi connectivity index (χ1n) is 32.9. The van der Waals surface area contributed by atoms with Gasteiger partial charge in [-0.05, 0) is 126 Å². The lowest BCUT2D eigenvalue weighted by Gasteiger charge is -2.72. The summed E-state index contributed by atoms with van der Waals surface area (Å²) in [5.74, 6) is -5.05. The molecular formula is C66H102O28. The van der Waals surface area contributed by atoms with Crippen LogP contribution in [0.15, 0.2) is 34.9 Å². The van der Waals surface area contributed by atoms with Crippen molar-refractivity contribution in [2.45, 2.75) is 282 Å². The molecule has 534 valence electrons. The summed E-state index contributed by atoms with van der Waals surface area (Å²) in [6.45, 7) is 20.8. The number of aliphatic carboxylic acids is 1. The van der Waals surface area contributed by atoms with Gasteiger partial charge in [0, 0.05) is 23.5 Å². The molecule has 28 nitrogen and oxygen atoms in total. The lowest BCUT2D eigenvalue weighted by Crippen LogP contribution is -2.73. The van der Waals surface area contributed by atoms with E-state index in [2.05, 4.69) is 26.8 Å². The van der Waals surface area contributed by atoms with Crippen molar-refractivity contribution >= 4 is 23.9 Å². The third-order valence-corrected chi connectivity index (χ3v) is 24.0. The maximum Gasteiger partial charge on any atom is 0.335 e. The molecule has 94 heavy (non-hydrogen) atoms. The molecule has 0 bridgehead atoms. The van der Waals surface area contributed by atoms with Gasteiger partial charge in [-0.3, -0.25) is 4.79 Å². The van der Waals surface area contributed by atoms with Crippen LogP contribution < -0.4 is 0 Å². The van der Waals surface area contributed by atoms with E-state index in [0.29, 0.717) is 25.7 Å². The summed E-state index contributed by atoms with van der Waals surface area (Å²) in [6, 6.07) is 0. The van der Waals surface area contributed by atoms with Gasteiger partial charge in [0.25, 0.3) is 0 Å². The first kappa shape index (κ1) is 74.5. The van der Waals surface area contributed by atoms with E-state index in [1.165, 1.54) is 26.8 Å². The minimum Gasteiger partial charge on any atom is -0.479 e. The van der Waals surface area contributed by atoms with Gasteiger partial charge in [0.05, 0.1) is 55.3 Å². The molecule has 13 N–H and O–H groups in total. The SMILES string of the molecule is CC=C(C)C(=O)OC1C(C)OC(OC2C(O)C3(COC(C)=O)C(O)CC4(C)C(=CCC5C6(C)CCC(OC7OC(C(=O)O)C(O)C(OC8OC(C)C(O)C(O)C8O)C7OC7OC(CO)C(O)C(O)C7O)C(C)(CO)C6CCC54C)C3CC2(C)C)C(O)C1OC(=O)C(C)=CC. The van der Waals surface area contributed by atoms with Crippen LogP contribution in [0.2, 0.25) is 0 Å². The number of carbonyl (C=O) groups is 4. The summed E-state index contributed by atoms with van der Waals surface area (Å²) >= 11 is 0. The fourth-order valence-corrected chi connectivity index (χ4v) is 18.0. The van der Waals surface area contributed by atoms with Gasteiger partial charge in [0.1, 0.15) is 73.8 Å². The Morgan fingerprint density at radius 3 is 1.77 bits per heavy atom. The second-order valence-corrected chi connectivity index (χ2v) is 29.7. The van der Waals surface area contributed by atoms with Crippen molar-refractivity contribution in [1.29, 1.82) is 0 Å². The highest BCUT2D eigenvalue weighted by molar-refractivity contribution is 5.88. The molecule has 32 unspecified atom stereocenters. The number of hydrogen-bond acceptors (Lipinski definition) is 27. The van der Waals surface area contributed by atoms with Crippen molar-refractivity contribution in [3.8, 4) is 0 Å². The van der Waals surface area contributed by atoms with Gasteiger partial charge in [-0.2, -0.15) is 0 Å². The van der Waals surface area contributed by atoms with Crippen molar-refractivity contribution in [2.75, 3.05) is 19.8 Å². The summed E-state index contributed by atoms with van der Waals surface area (Å²) in [5, 5.41) is 148. The third kappa shape index (κ3) is 12.6. The highest BCUT2D eigenvalue weighted by atomic mass is 16.8. The Kier molecular flexibility index (Phi) is 22.0. The molecule has 5 aliphatic carbocycles. The van der Waals surface area contributed by atoms with Gasteiger partial charge in [-0.1, -0.05) is 65.3 Å². The lowest BCUT2D eigenvalue weighted by molar-refractivity contribution is -0.396. The van der Waals surface area contributed by atoms with Crippen molar-refractivity contribution in [1.82, 2.24) is 0 Å². The Morgan fingerprint density at radius 1 is 0.606 bits per heavy atom. The summed E-state index contributed by atoms with van der Waals surface area (Å²) in [6.07, 6.45) is -32.7. The minimum atomic E-state index is -2.19. The number of carboxylic acid groups (broad SMARTS) is 1. The molecule has 4 aliphatic heterocycles. The number of esters is 3. The Labute approximate surface area is 547 Å². The van der Waals surface area contributed by atoms with Crippen LogP contribution in [0.1, 0.15) is 135 Å². The number of allylic oxidation sites excluding steroid dienone is 4. The number of aliphatic hydroxyl groups excluding tert-OH is 12. The number of ether oxygens (including phenoxy) is 11. The predicted molar refractivity (Wildman–Crippen MR) is 322 cm³/mol. The maximum absolute atomic E-state index is 13.4. The fourth-order valence-electron chi connectivity index (χ4n) is 18.0. The molecule has 8 fully saturated rings. The highest BCUT2D eigenvalue weighted by Crippen LogP contribution is 2.76. The van der Waals surface area contributed by atoms with Crippen LogP contribution in [0.4, 0.5) is 0 Å². The van der Waals surface area contributed by atoms with Crippen LogP contribution >= 0.6 is 0 Å². The number of aliphatic hydroxyl groups is 12. The quantitative estimate of drug-likeness (QED) is 0.0301. The average Bonchev–Trinajstić information content (AvgIpc) is 0.669. The number of carboxylic acids is 1. The molecule has 9 rings (SSSR count). The number of hydrogen-bond donors (Lipinski definition) is 13. The van der Waals surface area contributed by atoms with E-state index < -0.39 is 229 Å². The molecule has 0 aromatic rings. The molecule has 9 aliphatic rings. The fraction of sp³-hybridized carbons (Fsp3) is 0.848. The maximum atomic E-state index is 13.4. The normalized spacial score (nSPS) is 49.5. The minimum absolute atomic E-state index is 0.0776. The second kappa shape index (κ2) is 27.8. The third-order valence-electron chi connectivity index (χ3n) is 24.0. The standard InChI is InChI=1S/C66H102O28/c1-14-27(3)55(82)89-47-30(6)86-59(46(78)49(47)90-56(83)28(4)15-2)94-53-52(79)66(26-84-31(7)69)33(22-61(53,8)9)32-16-17-36-62(10)20-19-38(63(11,25-68)35(62)18-21-64(36,12)65(32,13)23-37(66)70)88-60-51(93-58-44(76)42(74)40(72)34(24-67)87-58)48(45(77)50(92-60)54(80)81)91-57-43(75)41(73)39(71)29(5)85-57/h14-16,29-30,33-53,57-60,67-68,70-79H,17-26H2,1-13H3,(H,80,81). The van der Waals surface area contributed by atoms with Crippen LogP contribution in [0.5, 0.6) is 0 Å². The molecule has 0 radical (unpaired) electrons. The molecule has 0 aromatic heterocycles. The van der Waals surface area contributed by atoms with E-state index in [1.807, 2.05) is 20.8 Å². The van der Waals surface area contributed by atoms with Crippen LogP contribution in [0.25, 0.3) is 0 Å². The molecule has 32 atom stereocenters. The summed E-state index contributed by atoms with van der Waals surface area (Å²) in [5.41, 5.74) is -4.39. The summed E-state index contributed by atoms with van der Waals surface area (Å²) < 4.78 is 67.3. The van der Waals surface area contributed by atoms with Gasteiger partial charge < -0.3 is 118 Å². The average molecular weight is 1340 g/mol. The lowest BCUT2D eigenvalue weighted by atomic mass is 9.33. The molecule has 28 heteroatoms. The van der Waals surface area contributed by atoms with Crippen LogP contribution in [0, 0.1) is 50.2 Å². The van der Waals surface area contributed by atoms with E-state index in [4.69, 9.17) is 52.1 Å². The highest BCUT2D eigenvalue weighted by Gasteiger charge is 2.74. The Balaban J connectivity index is 1.02. The molecular weight excluding hydrogens is 1240 g/mol. The second-order valence-electron chi connectivity index (χ2n) is 29.7. The van der Waals surface area contributed by atoms with E-state index in [1.54, 1.807) is 33.8 Å². The number of rotatable bonds is 17. The van der Waals surface area contributed by atoms with Crippen molar-refractivity contribution in [3.63, 3.8) is 0 Å². The van der Waals surface area contributed by atoms with E-state index in [0.717, 1.165) is 5.57 Å².